The Labute approximate surface area is 154 Å². The molecular weight excluding hydrogens is 332 g/mol. The van der Waals surface area contributed by atoms with E-state index in [0.29, 0.717) is 32.7 Å². The Kier molecular flexibility index (Phi) is 6.33. The van der Waals surface area contributed by atoms with Crippen molar-refractivity contribution in [1.29, 1.82) is 0 Å². The van der Waals surface area contributed by atoms with Gasteiger partial charge in [0.15, 0.2) is 0 Å². The summed E-state index contributed by atoms with van der Waals surface area (Å²) >= 11 is 0. The molecule has 1 unspecified atom stereocenters. The summed E-state index contributed by atoms with van der Waals surface area (Å²) in [5, 5.41) is 5.88. The van der Waals surface area contributed by atoms with Crippen LogP contribution in [0, 0.1) is 6.92 Å². The van der Waals surface area contributed by atoms with E-state index in [0.717, 1.165) is 37.1 Å². The van der Waals surface area contributed by atoms with Crippen molar-refractivity contribution < 1.29 is 14.3 Å². The smallest absolute Gasteiger partial charge is 0.321 e. The first-order chi connectivity index (χ1) is 12.6. The zero-order chi connectivity index (χ0) is 18.4. The molecule has 0 radical (unpaired) electrons. The van der Waals surface area contributed by atoms with Gasteiger partial charge < -0.3 is 25.2 Å². The van der Waals surface area contributed by atoms with E-state index in [1.54, 1.807) is 9.80 Å². The van der Waals surface area contributed by atoms with E-state index in [9.17, 15) is 9.59 Å². The number of amides is 4. The molecule has 2 aliphatic rings. The molecule has 1 aromatic rings. The van der Waals surface area contributed by atoms with Crippen LogP contribution in [0.4, 0.5) is 15.3 Å². The molecule has 2 heterocycles. The molecule has 0 aromatic heterocycles. The van der Waals surface area contributed by atoms with Crippen LogP contribution in [0.2, 0.25) is 0 Å². The van der Waals surface area contributed by atoms with Gasteiger partial charge in [-0.05, 0) is 38.3 Å². The molecule has 0 spiro atoms. The average Bonchev–Trinajstić information content (AvgIpc) is 3.04. The highest BCUT2D eigenvalue weighted by Crippen LogP contribution is 2.12. The van der Waals surface area contributed by atoms with Gasteiger partial charge in [0.1, 0.15) is 0 Å². The summed E-state index contributed by atoms with van der Waals surface area (Å²) in [6.07, 6.45) is 2.99. The van der Waals surface area contributed by atoms with Gasteiger partial charge in [-0.3, -0.25) is 0 Å². The highest BCUT2D eigenvalue weighted by Gasteiger charge is 2.23. The minimum Gasteiger partial charge on any atom is -0.376 e. The maximum Gasteiger partial charge on any atom is 0.321 e. The van der Waals surface area contributed by atoms with Crippen molar-refractivity contribution in [3.05, 3.63) is 29.8 Å². The third-order valence-electron chi connectivity index (χ3n) is 4.88. The van der Waals surface area contributed by atoms with Crippen molar-refractivity contribution in [2.45, 2.75) is 32.3 Å². The average molecular weight is 360 g/mol. The SMILES string of the molecule is Cc1ccc(NC(=O)N2CCCN(C(=O)NCC3CCCO3)CC2)cc1. The van der Waals surface area contributed by atoms with Gasteiger partial charge in [-0.2, -0.15) is 0 Å². The third kappa shape index (κ3) is 5.11. The fourth-order valence-corrected chi connectivity index (χ4v) is 3.28. The van der Waals surface area contributed by atoms with Gasteiger partial charge in [-0.25, -0.2) is 9.59 Å². The Balaban J connectivity index is 1.45. The summed E-state index contributed by atoms with van der Waals surface area (Å²) < 4.78 is 5.53. The molecular formula is C19H28N4O3. The van der Waals surface area contributed by atoms with Gasteiger partial charge in [0.2, 0.25) is 0 Å². The summed E-state index contributed by atoms with van der Waals surface area (Å²) in [6.45, 7) is 5.74. The van der Waals surface area contributed by atoms with Crippen LogP contribution in [-0.2, 0) is 4.74 Å². The third-order valence-corrected chi connectivity index (χ3v) is 4.88. The van der Waals surface area contributed by atoms with Crippen LogP contribution < -0.4 is 10.6 Å². The van der Waals surface area contributed by atoms with Crippen molar-refractivity contribution in [2.24, 2.45) is 0 Å². The minimum atomic E-state index is -0.115. The van der Waals surface area contributed by atoms with Crippen molar-refractivity contribution in [3.8, 4) is 0 Å². The molecule has 2 N–H and O–H groups in total. The lowest BCUT2D eigenvalue weighted by atomic mass is 10.2. The molecule has 2 saturated heterocycles. The molecule has 4 amide bonds. The Morgan fingerprint density at radius 1 is 1.04 bits per heavy atom. The van der Waals surface area contributed by atoms with E-state index in [1.165, 1.54) is 0 Å². The molecule has 0 bridgehead atoms. The fraction of sp³-hybridized carbons (Fsp3) is 0.579. The Morgan fingerprint density at radius 2 is 1.73 bits per heavy atom. The van der Waals surface area contributed by atoms with E-state index >= 15 is 0 Å². The van der Waals surface area contributed by atoms with Crippen LogP contribution in [0.1, 0.15) is 24.8 Å². The zero-order valence-corrected chi connectivity index (χ0v) is 15.4. The lowest BCUT2D eigenvalue weighted by molar-refractivity contribution is 0.109. The van der Waals surface area contributed by atoms with E-state index in [-0.39, 0.29) is 18.2 Å². The molecule has 7 heteroatoms. The van der Waals surface area contributed by atoms with Crippen molar-refractivity contribution in [1.82, 2.24) is 15.1 Å². The molecule has 1 atom stereocenters. The normalized spacial score (nSPS) is 20.6. The van der Waals surface area contributed by atoms with Crippen molar-refractivity contribution in [2.75, 3.05) is 44.6 Å². The van der Waals surface area contributed by atoms with Gasteiger partial charge in [-0.15, -0.1) is 0 Å². The second-order valence-corrected chi connectivity index (χ2v) is 6.94. The number of hydrogen-bond donors (Lipinski definition) is 2. The summed E-state index contributed by atoms with van der Waals surface area (Å²) in [6, 6.07) is 7.55. The minimum absolute atomic E-state index is 0.0682. The van der Waals surface area contributed by atoms with Crippen LogP contribution in [-0.4, -0.2) is 67.3 Å². The van der Waals surface area contributed by atoms with Crippen LogP contribution in [0.15, 0.2) is 24.3 Å². The molecule has 3 rings (SSSR count). The van der Waals surface area contributed by atoms with E-state index in [2.05, 4.69) is 10.6 Å². The lowest BCUT2D eigenvalue weighted by Gasteiger charge is -2.23. The highest BCUT2D eigenvalue weighted by atomic mass is 16.5. The number of benzene rings is 1. The first-order valence-corrected chi connectivity index (χ1v) is 9.39. The second kappa shape index (κ2) is 8.89. The number of carbonyl (C=O) groups is 2. The quantitative estimate of drug-likeness (QED) is 0.869. The molecule has 0 saturated carbocycles. The fourth-order valence-electron chi connectivity index (χ4n) is 3.28. The van der Waals surface area contributed by atoms with Crippen LogP contribution in [0.3, 0.4) is 0 Å². The molecule has 7 nitrogen and oxygen atoms in total. The van der Waals surface area contributed by atoms with E-state index in [4.69, 9.17) is 4.74 Å². The number of rotatable bonds is 3. The number of nitrogens with zero attached hydrogens (tertiary/aromatic N) is 2. The highest BCUT2D eigenvalue weighted by molar-refractivity contribution is 5.89. The number of urea groups is 2. The first-order valence-electron chi connectivity index (χ1n) is 9.39. The number of ether oxygens (including phenoxy) is 1. The molecule has 142 valence electrons. The number of anilines is 1. The first kappa shape index (κ1) is 18.5. The number of hydrogen-bond acceptors (Lipinski definition) is 3. The molecule has 26 heavy (non-hydrogen) atoms. The Morgan fingerprint density at radius 3 is 2.38 bits per heavy atom. The van der Waals surface area contributed by atoms with Gasteiger partial charge in [0, 0.05) is 45.0 Å². The van der Waals surface area contributed by atoms with Gasteiger partial charge in [-0.1, -0.05) is 17.7 Å². The standard InChI is InChI=1S/C19H28N4O3/c1-15-5-7-16(8-6-15)21-19(25)23-10-3-9-22(11-12-23)18(24)20-14-17-4-2-13-26-17/h5-8,17H,2-4,9-14H2,1H3,(H,20,24)(H,21,25). The number of carbonyl (C=O) groups excluding carboxylic acids is 2. The zero-order valence-electron chi connectivity index (χ0n) is 15.4. The molecule has 2 fully saturated rings. The molecule has 1 aromatic carbocycles. The lowest BCUT2D eigenvalue weighted by Crippen LogP contribution is -2.45. The number of aryl methyl sites for hydroxylation is 1. The van der Waals surface area contributed by atoms with E-state index < -0.39 is 0 Å². The van der Waals surface area contributed by atoms with Gasteiger partial charge >= 0.3 is 12.1 Å². The predicted molar refractivity (Wildman–Crippen MR) is 100 cm³/mol. The summed E-state index contributed by atoms with van der Waals surface area (Å²) in [5.41, 5.74) is 1.94. The maximum atomic E-state index is 12.5. The van der Waals surface area contributed by atoms with Crippen LogP contribution >= 0.6 is 0 Å². The van der Waals surface area contributed by atoms with Crippen LogP contribution in [0.25, 0.3) is 0 Å². The van der Waals surface area contributed by atoms with Crippen molar-refractivity contribution in [3.63, 3.8) is 0 Å². The summed E-state index contributed by atoms with van der Waals surface area (Å²) in [5.74, 6) is 0. The molecule has 2 aliphatic heterocycles. The van der Waals surface area contributed by atoms with E-state index in [1.807, 2.05) is 31.2 Å². The summed E-state index contributed by atoms with van der Waals surface area (Å²) in [7, 11) is 0. The number of nitrogens with one attached hydrogen (secondary N) is 2. The topological polar surface area (TPSA) is 73.9 Å². The van der Waals surface area contributed by atoms with Crippen molar-refractivity contribution >= 4 is 17.7 Å². The van der Waals surface area contributed by atoms with Gasteiger partial charge in [0.05, 0.1) is 6.10 Å². The Bertz CT molecular complexity index is 614. The monoisotopic (exact) mass is 360 g/mol. The van der Waals surface area contributed by atoms with Gasteiger partial charge in [0.25, 0.3) is 0 Å². The maximum absolute atomic E-state index is 12.5. The Hall–Kier alpha value is -2.28. The second-order valence-electron chi connectivity index (χ2n) is 6.94. The predicted octanol–water partition coefficient (Wildman–Crippen LogP) is 2.42. The largest absolute Gasteiger partial charge is 0.376 e. The van der Waals surface area contributed by atoms with Crippen LogP contribution in [0.5, 0.6) is 0 Å². The molecule has 0 aliphatic carbocycles. The summed E-state index contributed by atoms with van der Waals surface area (Å²) in [4.78, 5) is 28.4.